The fraction of sp³-hybridized carbons (Fsp3) is 0.278. The molecule has 1 aromatic heterocycles. The van der Waals surface area contributed by atoms with Crippen LogP contribution in [0.4, 0.5) is 5.69 Å². The number of nitrogens with zero attached hydrogens (tertiary/aromatic N) is 1. The van der Waals surface area contributed by atoms with Crippen LogP contribution >= 0.6 is 33.9 Å². The van der Waals surface area contributed by atoms with Crippen LogP contribution in [0.3, 0.4) is 0 Å². The van der Waals surface area contributed by atoms with E-state index in [1.54, 1.807) is 12.1 Å². The van der Waals surface area contributed by atoms with Gasteiger partial charge >= 0.3 is 0 Å². The molecule has 1 fully saturated rings. The number of halogens is 1. The maximum Gasteiger partial charge on any atom is 0.275 e. The van der Waals surface area contributed by atoms with Gasteiger partial charge in [0.1, 0.15) is 6.04 Å². The summed E-state index contributed by atoms with van der Waals surface area (Å²) in [5.74, 6) is -0.956. The summed E-state index contributed by atoms with van der Waals surface area (Å²) >= 11 is 3.59. The van der Waals surface area contributed by atoms with Gasteiger partial charge in [0.15, 0.2) is 0 Å². The van der Waals surface area contributed by atoms with Crippen molar-refractivity contribution in [1.29, 1.82) is 0 Å². The summed E-state index contributed by atoms with van der Waals surface area (Å²) in [6, 6.07) is 8.21. The third-order valence-corrected chi connectivity index (χ3v) is 6.26. The minimum atomic E-state index is -0.766. The number of benzene rings is 1. The van der Waals surface area contributed by atoms with E-state index in [0.717, 1.165) is 25.3 Å². The smallest absolute Gasteiger partial charge is 0.275 e. The number of rotatable bonds is 5. The Morgan fingerprint density at radius 3 is 2.62 bits per heavy atom. The summed E-state index contributed by atoms with van der Waals surface area (Å²) in [6.07, 6.45) is 0.882. The Bertz CT molecular complexity index is 863. The maximum atomic E-state index is 12.5. The van der Waals surface area contributed by atoms with Crippen LogP contribution < -0.4 is 15.8 Å². The molecular formula is C18H18IN3O3S. The molecule has 0 radical (unpaired) electrons. The Labute approximate surface area is 169 Å². The first-order valence-corrected chi connectivity index (χ1v) is 10.1. The molecule has 0 spiro atoms. The van der Waals surface area contributed by atoms with E-state index in [2.05, 4.69) is 33.4 Å². The van der Waals surface area contributed by atoms with Gasteiger partial charge in [0, 0.05) is 8.45 Å². The molecule has 0 unspecified atom stereocenters. The number of amides is 3. The molecule has 0 aliphatic carbocycles. The number of carbonyl (C=O) groups excluding carboxylic acids is 3. The number of aryl methyl sites for hydroxylation is 2. The molecule has 1 aliphatic rings. The fourth-order valence-electron chi connectivity index (χ4n) is 2.80. The molecule has 1 atom stereocenters. The highest BCUT2D eigenvalue weighted by Crippen LogP contribution is 2.24. The van der Waals surface area contributed by atoms with Crippen LogP contribution in [0.2, 0.25) is 0 Å². The highest BCUT2D eigenvalue weighted by Gasteiger charge is 2.39. The zero-order valence-corrected chi connectivity index (χ0v) is 17.3. The third-order valence-electron chi connectivity index (χ3n) is 4.16. The molecule has 2 heterocycles. The van der Waals surface area contributed by atoms with Crippen molar-refractivity contribution in [2.75, 3.05) is 4.90 Å². The first kappa shape index (κ1) is 19.0. The van der Waals surface area contributed by atoms with Gasteiger partial charge in [0.05, 0.1) is 17.0 Å². The molecule has 1 aromatic carbocycles. The summed E-state index contributed by atoms with van der Waals surface area (Å²) in [6.45, 7) is 4.01. The Morgan fingerprint density at radius 2 is 2.00 bits per heavy atom. The minimum absolute atomic E-state index is 0.00871. The summed E-state index contributed by atoms with van der Waals surface area (Å²) in [4.78, 5) is 40.0. The van der Waals surface area contributed by atoms with Crippen molar-refractivity contribution in [3.8, 4) is 0 Å². The van der Waals surface area contributed by atoms with Gasteiger partial charge in [-0.15, -0.1) is 11.3 Å². The lowest BCUT2D eigenvalue weighted by atomic mass is 10.2. The number of thiophene rings is 1. The Morgan fingerprint density at radius 1 is 1.31 bits per heavy atom. The number of nitrogens with one attached hydrogen (secondary N) is 2. The molecule has 3 rings (SSSR count). The number of hydrogen-bond donors (Lipinski definition) is 2. The van der Waals surface area contributed by atoms with Gasteiger partial charge in [-0.1, -0.05) is 6.92 Å². The van der Waals surface area contributed by atoms with Gasteiger partial charge in [-0.3, -0.25) is 19.8 Å². The standard InChI is InChI=1S/C18H18IN3O3S/c1-3-14-10(2)8-15(26-14)17(24)21-20-13-9-16(23)22(18(13)25)12-6-4-11(19)5-7-12/h4-8,13,20H,3,9H2,1-2H3,(H,21,24)/t13-/m0/s1. The molecule has 0 saturated carbocycles. The van der Waals surface area contributed by atoms with E-state index in [-0.39, 0.29) is 24.1 Å². The van der Waals surface area contributed by atoms with Gasteiger partial charge in [0.2, 0.25) is 5.91 Å². The van der Waals surface area contributed by atoms with Crippen LogP contribution in [0, 0.1) is 10.5 Å². The first-order chi connectivity index (χ1) is 12.4. The molecular weight excluding hydrogens is 465 g/mol. The lowest BCUT2D eigenvalue weighted by Gasteiger charge is -2.15. The van der Waals surface area contributed by atoms with E-state index in [9.17, 15) is 14.4 Å². The van der Waals surface area contributed by atoms with Crippen LogP contribution in [0.15, 0.2) is 30.3 Å². The predicted octanol–water partition coefficient (Wildman–Crippen LogP) is 2.79. The van der Waals surface area contributed by atoms with E-state index in [4.69, 9.17) is 0 Å². The largest absolute Gasteiger partial charge is 0.286 e. The van der Waals surface area contributed by atoms with Crippen molar-refractivity contribution in [1.82, 2.24) is 10.9 Å². The van der Waals surface area contributed by atoms with Crippen molar-refractivity contribution in [2.45, 2.75) is 32.7 Å². The number of anilines is 1. The van der Waals surface area contributed by atoms with Crippen LogP contribution in [0.25, 0.3) is 0 Å². The molecule has 6 nitrogen and oxygen atoms in total. The topological polar surface area (TPSA) is 78.5 Å². The van der Waals surface area contributed by atoms with Crippen molar-refractivity contribution in [2.24, 2.45) is 0 Å². The van der Waals surface area contributed by atoms with Gasteiger partial charge in [-0.25, -0.2) is 10.3 Å². The fourth-order valence-corrected chi connectivity index (χ4v) is 4.17. The second-order valence-electron chi connectivity index (χ2n) is 5.97. The highest BCUT2D eigenvalue weighted by molar-refractivity contribution is 14.1. The molecule has 2 N–H and O–H groups in total. The number of imide groups is 1. The van der Waals surface area contributed by atoms with E-state index in [1.165, 1.54) is 11.3 Å². The van der Waals surface area contributed by atoms with Crippen molar-refractivity contribution < 1.29 is 14.4 Å². The van der Waals surface area contributed by atoms with E-state index < -0.39 is 6.04 Å². The van der Waals surface area contributed by atoms with Gasteiger partial charge in [0.25, 0.3) is 11.8 Å². The predicted molar refractivity (Wildman–Crippen MR) is 109 cm³/mol. The van der Waals surface area contributed by atoms with Gasteiger partial charge < -0.3 is 0 Å². The van der Waals surface area contributed by atoms with Crippen molar-refractivity contribution in [3.63, 3.8) is 0 Å². The normalized spacial score (nSPS) is 17.0. The van der Waals surface area contributed by atoms with Crippen LogP contribution in [0.5, 0.6) is 0 Å². The SMILES string of the molecule is CCc1sc(C(=O)NN[C@H]2CC(=O)N(c3ccc(I)cc3)C2=O)cc1C. The van der Waals surface area contributed by atoms with Crippen LogP contribution in [-0.2, 0) is 16.0 Å². The Balaban J connectivity index is 1.65. The molecule has 1 saturated heterocycles. The lowest BCUT2D eigenvalue weighted by molar-refractivity contribution is -0.121. The van der Waals surface area contributed by atoms with Crippen LogP contribution in [-0.4, -0.2) is 23.8 Å². The lowest BCUT2D eigenvalue weighted by Crippen LogP contribution is -2.48. The van der Waals surface area contributed by atoms with E-state index >= 15 is 0 Å². The maximum absolute atomic E-state index is 12.5. The van der Waals surface area contributed by atoms with E-state index in [0.29, 0.717) is 10.6 Å². The number of carbonyl (C=O) groups is 3. The molecule has 0 bridgehead atoms. The number of hydrazine groups is 1. The van der Waals surface area contributed by atoms with Crippen LogP contribution in [0.1, 0.15) is 33.5 Å². The zero-order chi connectivity index (χ0) is 18.8. The first-order valence-electron chi connectivity index (χ1n) is 8.18. The quantitative estimate of drug-likeness (QED) is 0.390. The van der Waals surface area contributed by atoms with Gasteiger partial charge in [-0.05, 0) is 71.8 Å². The summed E-state index contributed by atoms with van der Waals surface area (Å²) in [5.41, 5.74) is 6.89. The molecule has 8 heteroatoms. The highest BCUT2D eigenvalue weighted by atomic mass is 127. The Hall–Kier alpha value is -1.78. The average Bonchev–Trinajstić information content (AvgIpc) is 3.13. The van der Waals surface area contributed by atoms with Crippen molar-refractivity contribution >= 4 is 57.3 Å². The van der Waals surface area contributed by atoms with E-state index in [1.807, 2.05) is 32.0 Å². The molecule has 136 valence electrons. The average molecular weight is 483 g/mol. The molecule has 2 aromatic rings. The summed E-state index contributed by atoms with van der Waals surface area (Å²) in [5, 5.41) is 0. The molecule has 26 heavy (non-hydrogen) atoms. The van der Waals surface area contributed by atoms with Gasteiger partial charge in [-0.2, -0.15) is 0 Å². The second kappa shape index (κ2) is 7.85. The summed E-state index contributed by atoms with van der Waals surface area (Å²) < 4.78 is 1.02. The zero-order valence-electron chi connectivity index (χ0n) is 14.3. The third kappa shape index (κ3) is 3.81. The number of hydrogen-bond acceptors (Lipinski definition) is 5. The van der Waals surface area contributed by atoms with Crippen molar-refractivity contribution in [3.05, 3.63) is 49.2 Å². The molecule has 1 aliphatic heterocycles. The molecule has 3 amide bonds. The Kier molecular flexibility index (Phi) is 5.73. The minimum Gasteiger partial charge on any atom is -0.286 e. The summed E-state index contributed by atoms with van der Waals surface area (Å²) in [7, 11) is 0. The second-order valence-corrected chi connectivity index (χ2v) is 8.35. The monoisotopic (exact) mass is 483 g/mol.